The summed E-state index contributed by atoms with van der Waals surface area (Å²) in [6.45, 7) is 3.66. The first-order chi connectivity index (χ1) is 11.2. The molecule has 0 aliphatic rings. The summed E-state index contributed by atoms with van der Waals surface area (Å²) in [5.41, 5.74) is -1.36. The largest absolute Gasteiger partial charge is 0.418 e. The molecule has 134 valence electrons. The Morgan fingerprint density at radius 2 is 1.79 bits per heavy atom. The molecule has 0 saturated heterocycles. The van der Waals surface area contributed by atoms with Gasteiger partial charge < -0.3 is 16.0 Å². The molecular weight excluding hydrogens is 323 g/mol. The molecule has 3 N–H and O–H groups in total. The summed E-state index contributed by atoms with van der Waals surface area (Å²) in [4.78, 5) is 22.7. The van der Waals surface area contributed by atoms with Crippen LogP contribution in [0.3, 0.4) is 0 Å². The number of anilines is 2. The molecule has 0 fully saturated rings. The van der Waals surface area contributed by atoms with Crippen molar-refractivity contribution in [3.8, 4) is 0 Å². The first-order valence-electron chi connectivity index (χ1n) is 7.77. The smallest absolute Gasteiger partial charge is 0.338 e. The van der Waals surface area contributed by atoms with Crippen LogP contribution >= 0.6 is 0 Å². The summed E-state index contributed by atoms with van der Waals surface area (Å²) in [6, 6.07) is 2.51. The molecule has 0 aliphatic heterocycles. The lowest BCUT2D eigenvalue weighted by molar-refractivity contribution is -0.137. The molecule has 0 aliphatic carbocycles. The quantitative estimate of drug-likeness (QED) is 0.642. The second-order valence-electron chi connectivity index (χ2n) is 5.38. The van der Waals surface area contributed by atoms with E-state index in [1.54, 1.807) is 0 Å². The first-order valence-corrected chi connectivity index (χ1v) is 7.77. The van der Waals surface area contributed by atoms with Crippen molar-refractivity contribution in [1.82, 2.24) is 5.32 Å². The number of amides is 3. The average molecular weight is 345 g/mol. The maximum absolute atomic E-state index is 13.1. The second-order valence-corrected chi connectivity index (χ2v) is 5.38. The summed E-state index contributed by atoms with van der Waals surface area (Å²) in [5.74, 6) is -0.478. The normalized spacial score (nSPS) is 11.0. The summed E-state index contributed by atoms with van der Waals surface area (Å²) < 4.78 is 39.4. The van der Waals surface area contributed by atoms with Crippen molar-refractivity contribution in [3.05, 3.63) is 23.8 Å². The summed E-state index contributed by atoms with van der Waals surface area (Å²) in [5, 5.41) is 7.02. The van der Waals surface area contributed by atoms with E-state index in [0.717, 1.165) is 37.8 Å². The van der Waals surface area contributed by atoms with Crippen LogP contribution in [-0.4, -0.2) is 18.5 Å². The van der Waals surface area contributed by atoms with E-state index in [1.165, 1.54) is 13.0 Å². The first kappa shape index (κ1) is 19.8. The summed E-state index contributed by atoms with van der Waals surface area (Å²) in [6.07, 6.45) is -0.822. The second kappa shape index (κ2) is 9.14. The molecule has 0 atom stereocenters. The highest BCUT2D eigenvalue weighted by molar-refractivity contribution is 5.92. The molecule has 1 aromatic carbocycles. The van der Waals surface area contributed by atoms with Crippen molar-refractivity contribution >= 4 is 23.3 Å². The van der Waals surface area contributed by atoms with Crippen molar-refractivity contribution in [2.75, 3.05) is 17.2 Å². The molecule has 0 heterocycles. The number of alkyl halides is 3. The third-order valence-corrected chi connectivity index (χ3v) is 3.21. The Hall–Kier alpha value is -2.25. The monoisotopic (exact) mass is 345 g/mol. The highest BCUT2D eigenvalue weighted by atomic mass is 19.4. The van der Waals surface area contributed by atoms with Gasteiger partial charge in [0.1, 0.15) is 0 Å². The fourth-order valence-electron chi connectivity index (χ4n) is 2.09. The number of unbranched alkanes of at least 4 members (excludes halogenated alkanes) is 3. The minimum atomic E-state index is -4.65. The van der Waals surface area contributed by atoms with Crippen molar-refractivity contribution in [2.45, 2.75) is 45.7 Å². The van der Waals surface area contributed by atoms with E-state index in [9.17, 15) is 22.8 Å². The zero-order chi connectivity index (χ0) is 18.2. The minimum absolute atomic E-state index is 0.0142. The van der Waals surface area contributed by atoms with E-state index >= 15 is 0 Å². The number of hydrogen-bond acceptors (Lipinski definition) is 2. The Labute approximate surface area is 139 Å². The fraction of sp³-hybridized carbons (Fsp3) is 0.500. The van der Waals surface area contributed by atoms with Gasteiger partial charge in [0.2, 0.25) is 5.91 Å². The van der Waals surface area contributed by atoms with Gasteiger partial charge in [-0.25, -0.2) is 4.79 Å². The third kappa shape index (κ3) is 6.89. The molecule has 1 aromatic rings. The van der Waals surface area contributed by atoms with Crippen LogP contribution < -0.4 is 16.0 Å². The van der Waals surface area contributed by atoms with Crippen LogP contribution in [0, 0.1) is 0 Å². The number of halogens is 3. The van der Waals surface area contributed by atoms with Crippen molar-refractivity contribution < 1.29 is 22.8 Å². The van der Waals surface area contributed by atoms with Gasteiger partial charge in [0.15, 0.2) is 0 Å². The van der Waals surface area contributed by atoms with Crippen LogP contribution in [0.2, 0.25) is 0 Å². The number of carbonyl (C=O) groups is 2. The number of nitrogens with one attached hydrogen (secondary N) is 3. The van der Waals surface area contributed by atoms with Gasteiger partial charge in [-0.1, -0.05) is 26.2 Å². The van der Waals surface area contributed by atoms with E-state index in [4.69, 9.17) is 0 Å². The average Bonchev–Trinajstić information content (AvgIpc) is 2.47. The number of hydrogen-bond donors (Lipinski definition) is 3. The van der Waals surface area contributed by atoms with E-state index in [2.05, 4.69) is 22.9 Å². The Morgan fingerprint density at radius 3 is 2.38 bits per heavy atom. The molecule has 3 amide bonds. The van der Waals surface area contributed by atoms with E-state index in [0.29, 0.717) is 6.54 Å². The lowest BCUT2D eigenvalue weighted by Crippen LogP contribution is -2.30. The van der Waals surface area contributed by atoms with Gasteiger partial charge in [0.05, 0.1) is 11.3 Å². The molecular formula is C16H22F3N3O2. The van der Waals surface area contributed by atoms with Crippen LogP contribution in [0.4, 0.5) is 29.3 Å². The van der Waals surface area contributed by atoms with Gasteiger partial charge >= 0.3 is 12.2 Å². The molecule has 0 bridgehead atoms. The van der Waals surface area contributed by atoms with Crippen LogP contribution in [0.15, 0.2) is 18.2 Å². The van der Waals surface area contributed by atoms with Gasteiger partial charge in [-0.2, -0.15) is 13.2 Å². The standard InChI is InChI=1S/C16H22F3N3O2/c1-3-4-5-6-9-20-15(24)22-14-8-7-12(21-11(2)23)10-13(14)16(17,18)19/h7-8,10H,3-6,9H2,1-2H3,(H,21,23)(H2,20,22,24). The Kier molecular flexibility index (Phi) is 7.54. The molecule has 5 nitrogen and oxygen atoms in total. The van der Waals surface area contributed by atoms with E-state index in [1.807, 2.05) is 0 Å². The maximum atomic E-state index is 13.1. The molecule has 0 spiro atoms. The van der Waals surface area contributed by atoms with E-state index < -0.39 is 23.7 Å². The highest BCUT2D eigenvalue weighted by Gasteiger charge is 2.34. The summed E-state index contributed by atoms with van der Waals surface area (Å²) >= 11 is 0. The SMILES string of the molecule is CCCCCCNC(=O)Nc1ccc(NC(C)=O)cc1C(F)(F)F. The number of urea groups is 1. The molecule has 8 heteroatoms. The fourth-order valence-corrected chi connectivity index (χ4v) is 2.09. The Bertz CT molecular complexity index is 574. The zero-order valence-electron chi connectivity index (χ0n) is 13.7. The third-order valence-electron chi connectivity index (χ3n) is 3.21. The lowest BCUT2D eigenvalue weighted by Gasteiger charge is -2.16. The predicted octanol–water partition coefficient (Wildman–Crippen LogP) is 4.37. The molecule has 0 saturated carbocycles. The molecule has 0 aromatic heterocycles. The number of rotatable bonds is 7. The van der Waals surface area contributed by atoms with Gasteiger partial charge in [-0.15, -0.1) is 0 Å². The molecule has 0 radical (unpaired) electrons. The van der Waals surface area contributed by atoms with Crippen LogP contribution in [-0.2, 0) is 11.0 Å². The van der Waals surface area contributed by atoms with Gasteiger partial charge in [-0.3, -0.25) is 4.79 Å². The predicted molar refractivity (Wildman–Crippen MR) is 86.9 cm³/mol. The topological polar surface area (TPSA) is 70.2 Å². The number of carbonyl (C=O) groups excluding carboxylic acids is 2. The van der Waals surface area contributed by atoms with E-state index in [-0.39, 0.29) is 11.4 Å². The minimum Gasteiger partial charge on any atom is -0.338 e. The highest BCUT2D eigenvalue weighted by Crippen LogP contribution is 2.36. The molecule has 24 heavy (non-hydrogen) atoms. The van der Waals surface area contributed by atoms with Crippen LogP contribution in [0.5, 0.6) is 0 Å². The van der Waals surface area contributed by atoms with Crippen molar-refractivity contribution in [3.63, 3.8) is 0 Å². The van der Waals surface area contributed by atoms with Crippen molar-refractivity contribution in [2.24, 2.45) is 0 Å². The molecule has 1 rings (SSSR count). The van der Waals surface area contributed by atoms with Crippen LogP contribution in [0.1, 0.15) is 45.1 Å². The number of benzene rings is 1. The van der Waals surface area contributed by atoms with Crippen molar-refractivity contribution in [1.29, 1.82) is 0 Å². The van der Waals surface area contributed by atoms with Gasteiger partial charge in [0, 0.05) is 19.2 Å². The zero-order valence-corrected chi connectivity index (χ0v) is 13.7. The Balaban J connectivity index is 2.75. The van der Waals surface area contributed by atoms with Crippen LogP contribution in [0.25, 0.3) is 0 Å². The van der Waals surface area contributed by atoms with Gasteiger partial charge in [0.25, 0.3) is 0 Å². The lowest BCUT2D eigenvalue weighted by atomic mass is 10.1. The molecule has 0 unspecified atom stereocenters. The summed E-state index contributed by atoms with van der Waals surface area (Å²) in [7, 11) is 0. The van der Waals surface area contributed by atoms with Gasteiger partial charge in [-0.05, 0) is 24.6 Å². The maximum Gasteiger partial charge on any atom is 0.418 e. The Morgan fingerprint density at radius 1 is 1.08 bits per heavy atom.